The van der Waals surface area contributed by atoms with Crippen LogP contribution in [0.1, 0.15) is 11.7 Å². The monoisotopic (exact) mass is 171 g/mol. The van der Waals surface area contributed by atoms with E-state index in [0.29, 0.717) is 11.6 Å². The first-order chi connectivity index (χ1) is 5.24. The second-order valence-electron chi connectivity index (χ2n) is 2.24. The van der Waals surface area contributed by atoms with Crippen molar-refractivity contribution in [3.8, 4) is 0 Å². The second-order valence-corrected chi connectivity index (χ2v) is 2.68. The summed E-state index contributed by atoms with van der Waals surface area (Å²) in [5.74, 6) is 0. The summed E-state index contributed by atoms with van der Waals surface area (Å²) in [6, 6.07) is 3.21. The maximum absolute atomic E-state index is 5.71. The molecule has 0 aliphatic rings. The van der Waals surface area contributed by atoms with E-state index >= 15 is 0 Å². The van der Waals surface area contributed by atoms with E-state index in [1.165, 1.54) is 0 Å². The summed E-state index contributed by atoms with van der Waals surface area (Å²) >= 11 is 5.71. The summed E-state index contributed by atoms with van der Waals surface area (Å²) in [7, 11) is 0. The fourth-order valence-corrected chi connectivity index (χ4v) is 0.913. The Labute approximate surface area is 70.4 Å². The van der Waals surface area contributed by atoms with Crippen LogP contribution in [0.3, 0.4) is 0 Å². The number of aromatic nitrogens is 1. The molecule has 1 atom stereocenters. The van der Waals surface area contributed by atoms with Crippen LogP contribution in [0, 0.1) is 0 Å². The molecule has 1 aromatic heterocycles. The third-order valence-electron chi connectivity index (χ3n) is 1.38. The van der Waals surface area contributed by atoms with Gasteiger partial charge >= 0.3 is 0 Å². The predicted molar refractivity (Wildman–Crippen MR) is 45.2 cm³/mol. The second kappa shape index (κ2) is 3.67. The Morgan fingerprint density at radius 1 is 1.64 bits per heavy atom. The molecule has 4 N–H and O–H groups in total. The molecule has 0 unspecified atom stereocenters. The Morgan fingerprint density at radius 3 is 2.91 bits per heavy atom. The number of halogens is 1. The van der Waals surface area contributed by atoms with Gasteiger partial charge in [-0.1, -0.05) is 11.6 Å². The summed E-state index contributed by atoms with van der Waals surface area (Å²) in [5.41, 5.74) is 11.7. The average Bonchev–Trinajstić information content (AvgIpc) is 2.03. The van der Waals surface area contributed by atoms with Gasteiger partial charge in [-0.05, 0) is 12.1 Å². The minimum Gasteiger partial charge on any atom is -0.329 e. The van der Waals surface area contributed by atoms with Gasteiger partial charge in [0, 0.05) is 17.8 Å². The van der Waals surface area contributed by atoms with Crippen molar-refractivity contribution < 1.29 is 0 Å². The molecule has 0 saturated heterocycles. The van der Waals surface area contributed by atoms with Gasteiger partial charge in [-0.2, -0.15) is 0 Å². The number of hydrogen-bond donors (Lipinski definition) is 2. The summed E-state index contributed by atoms with van der Waals surface area (Å²) in [4.78, 5) is 4.02. The predicted octanol–water partition coefficient (Wildman–Crippen LogP) is 0.694. The topological polar surface area (TPSA) is 64.9 Å². The first-order valence-corrected chi connectivity index (χ1v) is 3.69. The average molecular weight is 172 g/mol. The van der Waals surface area contributed by atoms with Crippen molar-refractivity contribution in [1.29, 1.82) is 0 Å². The standard InChI is InChI=1S/C7H10ClN3/c8-5-1-2-11-7(3-5)6(10)4-9/h1-3,6H,4,9-10H2/t6-/m1/s1. The first kappa shape index (κ1) is 8.46. The smallest absolute Gasteiger partial charge is 0.0598 e. The van der Waals surface area contributed by atoms with E-state index in [4.69, 9.17) is 23.1 Å². The third kappa shape index (κ3) is 2.15. The zero-order chi connectivity index (χ0) is 8.27. The fraction of sp³-hybridized carbons (Fsp3) is 0.286. The lowest BCUT2D eigenvalue weighted by Gasteiger charge is -2.06. The highest BCUT2D eigenvalue weighted by molar-refractivity contribution is 6.30. The third-order valence-corrected chi connectivity index (χ3v) is 1.61. The number of pyridine rings is 1. The molecule has 0 fully saturated rings. The number of nitrogens with zero attached hydrogens (tertiary/aromatic N) is 1. The van der Waals surface area contributed by atoms with Crippen molar-refractivity contribution in [3.63, 3.8) is 0 Å². The van der Waals surface area contributed by atoms with E-state index < -0.39 is 0 Å². The fourth-order valence-electron chi connectivity index (χ4n) is 0.745. The van der Waals surface area contributed by atoms with Gasteiger partial charge in [0.05, 0.1) is 11.7 Å². The molecule has 3 nitrogen and oxygen atoms in total. The van der Waals surface area contributed by atoms with E-state index in [9.17, 15) is 0 Å². The lowest BCUT2D eigenvalue weighted by atomic mass is 10.2. The van der Waals surface area contributed by atoms with Crippen LogP contribution in [0.15, 0.2) is 18.3 Å². The van der Waals surface area contributed by atoms with Crippen LogP contribution < -0.4 is 11.5 Å². The number of rotatable bonds is 2. The van der Waals surface area contributed by atoms with Gasteiger partial charge in [0.15, 0.2) is 0 Å². The minimum absolute atomic E-state index is 0.214. The van der Waals surface area contributed by atoms with Gasteiger partial charge in [0.1, 0.15) is 0 Å². The lowest BCUT2D eigenvalue weighted by molar-refractivity contribution is 0.711. The molecule has 1 aromatic rings. The molecule has 0 radical (unpaired) electrons. The molecule has 0 aliphatic carbocycles. The Hall–Kier alpha value is -0.640. The molecule has 1 heterocycles. The Kier molecular flexibility index (Phi) is 2.82. The molecule has 11 heavy (non-hydrogen) atoms. The number of hydrogen-bond acceptors (Lipinski definition) is 3. The molecule has 0 amide bonds. The molecule has 60 valence electrons. The van der Waals surface area contributed by atoms with Crippen LogP contribution in [0.25, 0.3) is 0 Å². The minimum atomic E-state index is -0.214. The summed E-state index contributed by atoms with van der Waals surface area (Å²) < 4.78 is 0. The Balaban J connectivity index is 2.86. The van der Waals surface area contributed by atoms with Crippen molar-refractivity contribution >= 4 is 11.6 Å². The van der Waals surface area contributed by atoms with Crippen LogP contribution in [0.4, 0.5) is 0 Å². The van der Waals surface area contributed by atoms with Gasteiger partial charge in [-0.25, -0.2) is 0 Å². The van der Waals surface area contributed by atoms with Crippen molar-refractivity contribution in [1.82, 2.24) is 4.98 Å². The zero-order valence-electron chi connectivity index (χ0n) is 6.00. The molecular formula is C7H10ClN3. The van der Waals surface area contributed by atoms with Crippen LogP contribution in [-0.2, 0) is 0 Å². The van der Waals surface area contributed by atoms with Crippen molar-refractivity contribution in [2.75, 3.05) is 6.54 Å². The van der Waals surface area contributed by atoms with E-state index in [1.54, 1.807) is 18.3 Å². The van der Waals surface area contributed by atoms with E-state index in [1.807, 2.05) is 0 Å². The largest absolute Gasteiger partial charge is 0.329 e. The SMILES string of the molecule is NC[C@@H](N)c1cc(Cl)ccn1. The van der Waals surface area contributed by atoms with Crippen LogP contribution in [0.5, 0.6) is 0 Å². The first-order valence-electron chi connectivity index (χ1n) is 3.31. The van der Waals surface area contributed by atoms with Gasteiger partial charge in [0.2, 0.25) is 0 Å². The van der Waals surface area contributed by atoms with E-state index in [-0.39, 0.29) is 6.04 Å². The van der Waals surface area contributed by atoms with Gasteiger partial charge in [-0.3, -0.25) is 4.98 Å². The van der Waals surface area contributed by atoms with E-state index in [2.05, 4.69) is 4.98 Å². The Morgan fingerprint density at radius 2 is 2.36 bits per heavy atom. The zero-order valence-corrected chi connectivity index (χ0v) is 6.75. The molecule has 0 spiro atoms. The quantitative estimate of drug-likeness (QED) is 0.689. The van der Waals surface area contributed by atoms with Crippen LogP contribution >= 0.6 is 11.6 Å². The van der Waals surface area contributed by atoms with Crippen LogP contribution in [0.2, 0.25) is 5.02 Å². The van der Waals surface area contributed by atoms with Gasteiger partial charge in [-0.15, -0.1) is 0 Å². The summed E-state index contributed by atoms with van der Waals surface area (Å²) in [6.07, 6.45) is 1.62. The highest BCUT2D eigenvalue weighted by atomic mass is 35.5. The highest BCUT2D eigenvalue weighted by Gasteiger charge is 2.03. The van der Waals surface area contributed by atoms with Crippen molar-refractivity contribution in [2.45, 2.75) is 6.04 Å². The molecular weight excluding hydrogens is 162 g/mol. The molecule has 0 saturated carbocycles. The lowest BCUT2D eigenvalue weighted by Crippen LogP contribution is -2.21. The maximum atomic E-state index is 5.71. The Bertz CT molecular complexity index is 239. The normalized spacial score (nSPS) is 13.0. The number of nitrogens with two attached hydrogens (primary N) is 2. The summed E-state index contributed by atoms with van der Waals surface area (Å²) in [5, 5.41) is 0.638. The van der Waals surface area contributed by atoms with Gasteiger partial charge in [0.25, 0.3) is 0 Å². The molecule has 4 heteroatoms. The van der Waals surface area contributed by atoms with Gasteiger partial charge < -0.3 is 11.5 Å². The molecule has 0 aliphatic heterocycles. The van der Waals surface area contributed by atoms with Crippen molar-refractivity contribution in [3.05, 3.63) is 29.0 Å². The molecule has 0 bridgehead atoms. The highest BCUT2D eigenvalue weighted by Crippen LogP contribution is 2.11. The van der Waals surface area contributed by atoms with E-state index in [0.717, 1.165) is 5.69 Å². The maximum Gasteiger partial charge on any atom is 0.0598 e. The molecule has 0 aromatic carbocycles. The van der Waals surface area contributed by atoms with Crippen molar-refractivity contribution in [2.24, 2.45) is 11.5 Å². The molecule has 1 rings (SSSR count). The van der Waals surface area contributed by atoms with Crippen LogP contribution in [-0.4, -0.2) is 11.5 Å². The summed E-state index contributed by atoms with van der Waals surface area (Å²) in [6.45, 7) is 0.382.